The molecule has 1 rings (SSSR count). The molecule has 0 bridgehead atoms. The van der Waals surface area contributed by atoms with Crippen molar-refractivity contribution in [2.75, 3.05) is 13.1 Å². The monoisotopic (exact) mass is 447 g/mol. The molecule has 0 saturated heterocycles. The van der Waals surface area contributed by atoms with Crippen molar-refractivity contribution in [3.8, 4) is 0 Å². The maximum Gasteiger partial charge on any atom is 0.244 e. The fourth-order valence-corrected chi connectivity index (χ4v) is 4.97. The summed E-state index contributed by atoms with van der Waals surface area (Å²) in [5.41, 5.74) is 0. The summed E-state index contributed by atoms with van der Waals surface area (Å²) in [5.74, 6) is 0. The van der Waals surface area contributed by atoms with Crippen LogP contribution >= 0.6 is 47.8 Å². The number of nitrogens with zero attached hydrogens (tertiary/aromatic N) is 1. The Morgan fingerprint density at radius 2 is 1.59 bits per heavy atom. The van der Waals surface area contributed by atoms with E-state index in [-0.39, 0.29) is 4.90 Å². The molecule has 0 aliphatic rings. The first-order valence-electron chi connectivity index (χ1n) is 4.99. The molecule has 0 unspecified atom stereocenters. The van der Waals surface area contributed by atoms with Crippen molar-refractivity contribution >= 4 is 57.8 Å². The van der Waals surface area contributed by atoms with E-state index in [0.717, 1.165) is 4.47 Å². The number of hydrogen-bond acceptors (Lipinski definition) is 2. The standard InChI is InChI=1S/C10H12Br3NO2S/c1-3-14(4-2)17(15,16)8-6-5-7(11)9(12)10(8)13/h5-6H,3-4H2,1-2H3. The Balaban J connectivity index is 3.40. The van der Waals surface area contributed by atoms with Crippen molar-refractivity contribution in [2.45, 2.75) is 18.7 Å². The van der Waals surface area contributed by atoms with Gasteiger partial charge in [-0.1, -0.05) is 13.8 Å². The molecule has 0 aliphatic heterocycles. The first kappa shape index (κ1) is 15.6. The number of hydrogen-bond donors (Lipinski definition) is 0. The van der Waals surface area contributed by atoms with Gasteiger partial charge in [0.05, 0.1) is 9.37 Å². The summed E-state index contributed by atoms with van der Waals surface area (Å²) in [7, 11) is -3.44. The maximum atomic E-state index is 12.3. The van der Waals surface area contributed by atoms with Gasteiger partial charge in [0.25, 0.3) is 0 Å². The lowest BCUT2D eigenvalue weighted by molar-refractivity contribution is 0.445. The number of halogens is 3. The molecule has 7 heteroatoms. The molecule has 0 amide bonds. The van der Waals surface area contributed by atoms with Gasteiger partial charge in [-0.15, -0.1) is 0 Å². The third-order valence-electron chi connectivity index (χ3n) is 2.32. The van der Waals surface area contributed by atoms with Crippen molar-refractivity contribution in [3.63, 3.8) is 0 Å². The lowest BCUT2D eigenvalue weighted by Gasteiger charge is -2.19. The van der Waals surface area contributed by atoms with Crippen LogP contribution in [0.2, 0.25) is 0 Å². The minimum atomic E-state index is -3.44. The Labute approximate surface area is 127 Å². The third kappa shape index (κ3) is 3.12. The summed E-state index contributed by atoms with van der Waals surface area (Å²) in [6, 6.07) is 3.30. The molecule has 0 heterocycles. The van der Waals surface area contributed by atoms with E-state index in [2.05, 4.69) is 47.8 Å². The number of rotatable bonds is 4. The van der Waals surface area contributed by atoms with Gasteiger partial charge >= 0.3 is 0 Å². The molecule has 0 saturated carbocycles. The predicted octanol–water partition coefficient (Wildman–Crippen LogP) is 4.00. The van der Waals surface area contributed by atoms with E-state index in [9.17, 15) is 8.42 Å². The SMILES string of the molecule is CCN(CC)S(=O)(=O)c1ccc(Br)c(Br)c1Br. The molecule has 17 heavy (non-hydrogen) atoms. The van der Waals surface area contributed by atoms with Crippen molar-refractivity contribution < 1.29 is 8.42 Å². The van der Waals surface area contributed by atoms with Crippen LogP contribution in [0.4, 0.5) is 0 Å². The fourth-order valence-electron chi connectivity index (χ4n) is 1.41. The normalized spacial score (nSPS) is 12.1. The predicted molar refractivity (Wildman–Crippen MR) is 79.6 cm³/mol. The Morgan fingerprint density at radius 3 is 2.06 bits per heavy atom. The zero-order valence-electron chi connectivity index (χ0n) is 9.37. The van der Waals surface area contributed by atoms with E-state index in [4.69, 9.17) is 0 Å². The van der Waals surface area contributed by atoms with Crippen LogP contribution in [0, 0.1) is 0 Å². The number of benzene rings is 1. The molecule has 0 aliphatic carbocycles. The largest absolute Gasteiger partial charge is 0.244 e. The van der Waals surface area contributed by atoms with Crippen molar-refractivity contribution in [1.29, 1.82) is 0 Å². The molecular formula is C10H12Br3NO2S. The molecule has 0 spiro atoms. The van der Waals surface area contributed by atoms with Gasteiger partial charge in [0.15, 0.2) is 0 Å². The van der Waals surface area contributed by atoms with Crippen molar-refractivity contribution in [3.05, 3.63) is 25.6 Å². The van der Waals surface area contributed by atoms with Crippen LogP contribution in [0.25, 0.3) is 0 Å². The van der Waals surface area contributed by atoms with Gasteiger partial charge in [-0.2, -0.15) is 4.31 Å². The highest BCUT2D eigenvalue weighted by Crippen LogP contribution is 2.36. The van der Waals surface area contributed by atoms with Gasteiger partial charge < -0.3 is 0 Å². The minimum absolute atomic E-state index is 0.274. The highest BCUT2D eigenvalue weighted by molar-refractivity contribution is 9.14. The Morgan fingerprint density at radius 1 is 1.06 bits per heavy atom. The van der Waals surface area contributed by atoms with Gasteiger partial charge in [-0.3, -0.25) is 0 Å². The summed E-state index contributed by atoms with van der Waals surface area (Å²) in [6.45, 7) is 4.56. The van der Waals surface area contributed by atoms with Crippen LogP contribution in [0.15, 0.2) is 30.4 Å². The minimum Gasteiger partial charge on any atom is -0.207 e. The molecule has 96 valence electrons. The summed E-state index contributed by atoms with van der Waals surface area (Å²) in [5, 5.41) is 0. The van der Waals surface area contributed by atoms with Gasteiger partial charge in [0.1, 0.15) is 0 Å². The van der Waals surface area contributed by atoms with E-state index >= 15 is 0 Å². The molecule has 0 N–H and O–H groups in total. The quantitative estimate of drug-likeness (QED) is 0.651. The Kier molecular flexibility index (Phi) is 5.65. The first-order valence-corrected chi connectivity index (χ1v) is 8.81. The van der Waals surface area contributed by atoms with Crippen molar-refractivity contribution in [1.82, 2.24) is 4.31 Å². The molecule has 3 nitrogen and oxygen atoms in total. The van der Waals surface area contributed by atoms with Crippen LogP contribution in [-0.4, -0.2) is 25.8 Å². The van der Waals surface area contributed by atoms with Gasteiger partial charge in [-0.25, -0.2) is 8.42 Å². The Bertz CT molecular complexity index is 513. The molecular weight excluding hydrogens is 438 g/mol. The summed E-state index contributed by atoms with van der Waals surface area (Å²) >= 11 is 9.98. The smallest absolute Gasteiger partial charge is 0.207 e. The van der Waals surface area contributed by atoms with E-state index < -0.39 is 10.0 Å². The summed E-state index contributed by atoms with van der Waals surface area (Å²) in [6.07, 6.45) is 0. The Hall–Kier alpha value is 0.570. The fraction of sp³-hybridized carbons (Fsp3) is 0.400. The van der Waals surface area contributed by atoms with E-state index in [1.165, 1.54) is 4.31 Å². The third-order valence-corrected chi connectivity index (χ3v) is 8.05. The first-order chi connectivity index (χ1) is 7.86. The lowest BCUT2D eigenvalue weighted by Crippen LogP contribution is -2.30. The highest BCUT2D eigenvalue weighted by Gasteiger charge is 2.25. The lowest BCUT2D eigenvalue weighted by atomic mass is 10.4. The molecule has 0 radical (unpaired) electrons. The summed E-state index contributed by atoms with van der Waals surface area (Å²) < 4.78 is 28.1. The van der Waals surface area contributed by atoms with Crippen molar-refractivity contribution in [2.24, 2.45) is 0 Å². The molecule has 0 fully saturated rings. The van der Waals surface area contributed by atoms with Gasteiger partial charge in [-0.05, 0) is 59.9 Å². The van der Waals surface area contributed by atoms with Crippen LogP contribution < -0.4 is 0 Å². The van der Waals surface area contributed by atoms with Crippen LogP contribution in [0.1, 0.15) is 13.8 Å². The van der Waals surface area contributed by atoms with Gasteiger partial charge in [0.2, 0.25) is 10.0 Å². The van der Waals surface area contributed by atoms with E-state index in [0.29, 0.717) is 22.0 Å². The zero-order chi connectivity index (χ0) is 13.2. The van der Waals surface area contributed by atoms with E-state index in [1.54, 1.807) is 12.1 Å². The summed E-state index contributed by atoms with van der Waals surface area (Å²) in [4.78, 5) is 0.274. The van der Waals surface area contributed by atoms with Crippen LogP contribution in [0.3, 0.4) is 0 Å². The molecule has 1 aromatic carbocycles. The second-order valence-corrected chi connectivity index (χ2v) is 7.61. The molecule has 0 aromatic heterocycles. The average molecular weight is 450 g/mol. The number of sulfonamides is 1. The molecule has 1 aromatic rings. The van der Waals surface area contributed by atoms with E-state index in [1.807, 2.05) is 13.8 Å². The van der Waals surface area contributed by atoms with Gasteiger partial charge in [0, 0.05) is 22.0 Å². The van der Waals surface area contributed by atoms with Crippen LogP contribution in [0.5, 0.6) is 0 Å². The maximum absolute atomic E-state index is 12.3. The van der Waals surface area contributed by atoms with Crippen LogP contribution in [-0.2, 0) is 10.0 Å². The highest BCUT2D eigenvalue weighted by atomic mass is 79.9. The average Bonchev–Trinajstić information content (AvgIpc) is 2.27. The second-order valence-electron chi connectivity index (χ2n) is 3.26. The molecule has 0 atom stereocenters. The second kappa shape index (κ2) is 6.14. The zero-order valence-corrected chi connectivity index (χ0v) is 14.9. The topological polar surface area (TPSA) is 37.4 Å².